The molecule has 1 aliphatic rings. The van der Waals surface area contributed by atoms with Crippen LogP contribution in [0.5, 0.6) is 0 Å². The molecule has 1 aliphatic carbocycles. The van der Waals surface area contributed by atoms with Gasteiger partial charge in [0, 0.05) is 0 Å². The van der Waals surface area contributed by atoms with Crippen LogP contribution in [-0.4, -0.2) is 52.3 Å². The van der Waals surface area contributed by atoms with Crippen molar-refractivity contribution in [2.75, 3.05) is 28.4 Å². The van der Waals surface area contributed by atoms with E-state index in [1.54, 1.807) is 48.5 Å². The van der Waals surface area contributed by atoms with Crippen molar-refractivity contribution in [3.63, 3.8) is 0 Å². The van der Waals surface area contributed by atoms with Crippen molar-refractivity contribution < 1.29 is 38.1 Å². The van der Waals surface area contributed by atoms with E-state index >= 15 is 0 Å². The summed E-state index contributed by atoms with van der Waals surface area (Å²) in [5.74, 6) is -1.83. The Morgan fingerprint density at radius 2 is 0.841 bits per heavy atom. The number of carbonyl (C=O) groups excluding carboxylic acids is 4. The molecule has 0 aromatic heterocycles. The van der Waals surface area contributed by atoms with E-state index in [1.807, 2.05) is 48.5 Å². The van der Waals surface area contributed by atoms with Crippen LogP contribution in [0.4, 0.5) is 0 Å². The van der Waals surface area contributed by atoms with Crippen molar-refractivity contribution >= 4 is 46.7 Å². The number of hydrogen-bond acceptors (Lipinski definition) is 8. The molecule has 0 spiro atoms. The Bertz CT molecular complexity index is 1830. The monoisotopic (exact) mass is 588 g/mol. The van der Waals surface area contributed by atoms with Gasteiger partial charge < -0.3 is 18.9 Å². The predicted octanol–water partition coefficient (Wildman–Crippen LogP) is 6.35. The normalized spacial score (nSPS) is 12.9. The molecule has 0 aliphatic heterocycles. The maximum absolute atomic E-state index is 12.6. The Morgan fingerprint density at radius 1 is 0.455 bits per heavy atom. The van der Waals surface area contributed by atoms with E-state index in [1.165, 1.54) is 28.4 Å². The number of fused-ring (bicyclic) bond motifs is 1. The standard InChI is InChI=1S/C36H28O8/c1-41-33(37)24-7-5-21(6-8-24)19-29-28-18-17-27(36(40)44-4)20-30(28)32(23-11-15-26(16-12-23)35(39)43-3)31(29)22-9-13-25(14-10-22)34(38)42-2/h5-20H,1-4H3/b29-19+. The van der Waals surface area contributed by atoms with E-state index in [2.05, 4.69) is 0 Å². The van der Waals surface area contributed by atoms with Gasteiger partial charge in [0.15, 0.2) is 0 Å². The van der Waals surface area contributed by atoms with Crippen LogP contribution < -0.4 is 0 Å². The molecule has 0 radical (unpaired) electrons. The zero-order valence-corrected chi connectivity index (χ0v) is 24.5. The highest BCUT2D eigenvalue weighted by atomic mass is 16.5. The van der Waals surface area contributed by atoms with Gasteiger partial charge in [-0.2, -0.15) is 0 Å². The van der Waals surface area contributed by atoms with Crippen LogP contribution in [-0.2, 0) is 18.9 Å². The zero-order valence-electron chi connectivity index (χ0n) is 24.5. The molecule has 0 bridgehead atoms. The summed E-state index contributed by atoms with van der Waals surface area (Å²) < 4.78 is 19.6. The molecule has 4 aromatic rings. The molecular formula is C36H28O8. The summed E-state index contributed by atoms with van der Waals surface area (Å²) in [6.45, 7) is 0. The van der Waals surface area contributed by atoms with Crippen molar-refractivity contribution in [2.45, 2.75) is 0 Å². The van der Waals surface area contributed by atoms with Gasteiger partial charge in [0.2, 0.25) is 0 Å². The Labute approximate surface area is 254 Å². The van der Waals surface area contributed by atoms with E-state index in [4.69, 9.17) is 18.9 Å². The van der Waals surface area contributed by atoms with Gasteiger partial charge in [-0.1, -0.05) is 42.5 Å². The highest BCUT2D eigenvalue weighted by Gasteiger charge is 2.30. The first-order chi connectivity index (χ1) is 21.3. The minimum absolute atomic E-state index is 0.374. The maximum atomic E-state index is 12.6. The Morgan fingerprint density at radius 3 is 1.30 bits per heavy atom. The molecule has 0 saturated carbocycles. The number of benzene rings is 4. The second-order valence-electron chi connectivity index (χ2n) is 9.81. The lowest BCUT2D eigenvalue weighted by Crippen LogP contribution is -2.03. The molecule has 0 atom stereocenters. The molecule has 0 unspecified atom stereocenters. The van der Waals surface area contributed by atoms with Crippen LogP contribution >= 0.6 is 0 Å². The van der Waals surface area contributed by atoms with Crippen molar-refractivity contribution in [3.8, 4) is 0 Å². The van der Waals surface area contributed by atoms with E-state index in [-0.39, 0.29) is 0 Å². The lowest BCUT2D eigenvalue weighted by atomic mass is 9.91. The van der Waals surface area contributed by atoms with Crippen molar-refractivity contribution in [3.05, 3.63) is 141 Å². The summed E-state index contributed by atoms with van der Waals surface area (Å²) in [5.41, 5.74) is 8.13. The largest absolute Gasteiger partial charge is 0.465 e. The number of methoxy groups -OCH3 is 4. The van der Waals surface area contributed by atoms with Gasteiger partial charge >= 0.3 is 23.9 Å². The number of ether oxygens (including phenoxy) is 4. The zero-order chi connectivity index (χ0) is 31.4. The van der Waals surface area contributed by atoms with Gasteiger partial charge in [-0.3, -0.25) is 0 Å². The third-order valence-electron chi connectivity index (χ3n) is 7.35. The van der Waals surface area contributed by atoms with Crippen molar-refractivity contribution in [1.29, 1.82) is 0 Å². The van der Waals surface area contributed by atoms with Crippen molar-refractivity contribution in [1.82, 2.24) is 0 Å². The predicted molar refractivity (Wildman–Crippen MR) is 165 cm³/mol. The molecule has 0 heterocycles. The highest BCUT2D eigenvalue weighted by molar-refractivity contribution is 6.28. The lowest BCUT2D eigenvalue weighted by Gasteiger charge is -2.12. The SMILES string of the molecule is COC(=O)c1ccc(/C=C2/C(c3ccc(C(=O)OC)cc3)=C(c3ccc(C(=O)OC)cc3)c3cc(C(=O)OC)ccc32)cc1. The van der Waals surface area contributed by atoms with Crippen LogP contribution in [0.15, 0.2) is 91.0 Å². The van der Waals surface area contributed by atoms with Gasteiger partial charge in [0.1, 0.15) is 0 Å². The molecule has 0 amide bonds. The van der Waals surface area contributed by atoms with Gasteiger partial charge in [-0.15, -0.1) is 0 Å². The Kier molecular flexibility index (Phi) is 8.53. The van der Waals surface area contributed by atoms with E-state index in [0.29, 0.717) is 22.3 Å². The maximum Gasteiger partial charge on any atom is 0.337 e. The molecule has 8 heteroatoms. The molecular weight excluding hydrogens is 560 g/mol. The molecule has 8 nitrogen and oxygen atoms in total. The van der Waals surface area contributed by atoms with Crippen LogP contribution in [0.3, 0.4) is 0 Å². The lowest BCUT2D eigenvalue weighted by molar-refractivity contribution is 0.0592. The summed E-state index contributed by atoms with van der Waals surface area (Å²) in [5, 5.41) is 0. The van der Waals surface area contributed by atoms with E-state index < -0.39 is 23.9 Å². The number of hydrogen-bond donors (Lipinski definition) is 0. The fourth-order valence-corrected chi connectivity index (χ4v) is 5.17. The smallest absolute Gasteiger partial charge is 0.337 e. The third kappa shape index (κ3) is 5.65. The average Bonchev–Trinajstić information content (AvgIpc) is 3.40. The van der Waals surface area contributed by atoms with E-state index in [0.717, 1.165) is 44.5 Å². The van der Waals surface area contributed by atoms with Crippen LogP contribution in [0.1, 0.15) is 69.2 Å². The first-order valence-corrected chi connectivity index (χ1v) is 13.5. The number of rotatable bonds is 7. The van der Waals surface area contributed by atoms with Gasteiger partial charge in [0.05, 0.1) is 50.7 Å². The molecule has 0 N–H and O–H groups in total. The third-order valence-corrected chi connectivity index (χ3v) is 7.35. The molecule has 0 fully saturated rings. The van der Waals surface area contributed by atoms with Crippen molar-refractivity contribution in [2.24, 2.45) is 0 Å². The topological polar surface area (TPSA) is 105 Å². The highest BCUT2D eigenvalue weighted by Crippen LogP contribution is 2.50. The second-order valence-corrected chi connectivity index (χ2v) is 9.81. The van der Waals surface area contributed by atoms with Crippen LogP contribution in [0.2, 0.25) is 0 Å². The van der Waals surface area contributed by atoms with Gasteiger partial charge in [-0.05, 0) is 99.1 Å². The first-order valence-electron chi connectivity index (χ1n) is 13.5. The molecule has 4 aromatic carbocycles. The Hall–Kier alpha value is -5.76. The summed E-state index contributed by atoms with van der Waals surface area (Å²) in [6, 6.07) is 26.5. The van der Waals surface area contributed by atoms with Crippen LogP contribution in [0.25, 0.3) is 22.8 Å². The summed E-state index contributed by atoms with van der Waals surface area (Å²) in [7, 11) is 5.31. The summed E-state index contributed by atoms with van der Waals surface area (Å²) in [4.78, 5) is 49.0. The number of esters is 4. The first kappa shape index (κ1) is 29.7. The van der Waals surface area contributed by atoms with E-state index in [9.17, 15) is 19.2 Å². The fraction of sp³-hybridized carbons (Fsp3) is 0.111. The minimum Gasteiger partial charge on any atom is -0.465 e. The Balaban J connectivity index is 1.79. The quantitative estimate of drug-likeness (QED) is 0.182. The summed E-state index contributed by atoms with van der Waals surface area (Å²) in [6.07, 6.45) is 2.00. The van der Waals surface area contributed by atoms with Gasteiger partial charge in [-0.25, -0.2) is 19.2 Å². The van der Waals surface area contributed by atoms with Crippen LogP contribution in [0, 0.1) is 0 Å². The van der Waals surface area contributed by atoms with Gasteiger partial charge in [0.25, 0.3) is 0 Å². The number of allylic oxidation sites excluding steroid dienone is 2. The fourth-order valence-electron chi connectivity index (χ4n) is 5.17. The summed E-state index contributed by atoms with van der Waals surface area (Å²) >= 11 is 0. The number of carbonyl (C=O) groups is 4. The molecule has 44 heavy (non-hydrogen) atoms. The minimum atomic E-state index is -0.479. The molecule has 5 rings (SSSR count). The molecule has 0 saturated heterocycles. The second kappa shape index (κ2) is 12.6. The average molecular weight is 589 g/mol. The molecule has 220 valence electrons.